The predicted molar refractivity (Wildman–Crippen MR) is 148 cm³/mol. The van der Waals surface area contributed by atoms with Gasteiger partial charge >= 0.3 is 0 Å². The number of anilines is 1. The quantitative estimate of drug-likeness (QED) is 0.406. The van der Waals surface area contributed by atoms with Crippen molar-refractivity contribution in [2.24, 2.45) is 5.73 Å². The molecule has 1 aliphatic heterocycles. The lowest BCUT2D eigenvalue weighted by atomic mass is 10.0. The molecular weight excluding hydrogens is 462 g/mol. The first-order valence-electron chi connectivity index (χ1n) is 12.5. The molecule has 0 bridgehead atoms. The number of benzene rings is 2. The van der Waals surface area contributed by atoms with E-state index in [1.54, 1.807) is 0 Å². The van der Waals surface area contributed by atoms with Crippen molar-refractivity contribution in [3.05, 3.63) is 89.3 Å². The normalized spacial score (nSPS) is 13.1. The molecular formula is C29H33N7O. The topological polar surface area (TPSA) is 92.3 Å². The van der Waals surface area contributed by atoms with E-state index in [2.05, 4.69) is 34.7 Å². The Kier molecular flexibility index (Phi) is 6.67. The van der Waals surface area contributed by atoms with Gasteiger partial charge in [-0.15, -0.1) is 0 Å². The number of carbonyl (C=O) groups excluding carboxylic acids is 1. The van der Waals surface area contributed by atoms with E-state index in [1.807, 2.05) is 67.2 Å². The van der Waals surface area contributed by atoms with Gasteiger partial charge in [-0.3, -0.25) is 9.36 Å². The summed E-state index contributed by atoms with van der Waals surface area (Å²) < 4.78 is 2.05. The van der Waals surface area contributed by atoms with Crippen LogP contribution in [-0.2, 0) is 24.3 Å². The summed E-state index contributed by atoms with van der Waals surface area (Å²) >= 11 is 0. The number of nitrogens with two attached hydrogens (primary N) is 1. The molecule has 37 heavy (non-hydrogen) atoms. The second kappa shape index (κ2) is 10.1. The number of fused-ring (bicyclic) bond motifs is 2. The lowest BCUT2D eigenvalue weighted by Gasteiger charge is -2.30. The fraction of sp³-hybridized carbons (Fsp3) is 0.276. The largest absolute Gasteiger partial charge is 0.399 e. The standard InChI is InChI=1S/C29H33N7O/c1-19-15-24-22(20(2)30)11-8-12-26(24)36(19)29-32-25-17-35(27(37)18-34(3)4)14-13-23(25)28(33-29)31-16-21-9-6-5-7-10-21/h5-12,15H,2,13-14,16-18,30H2,1,3-4H3,(H,31,32,33). The highest BCUT2D eigenvalue weighted by atomic mass is 16.2. The first kappa shape index (κ1) is 24.5. The van der Waals surface area contributed by atoms with Crippen LogP contribution in [0.5, 0.6) is 0 Å². The summed E-state index contributed by atoms with van der Waals surface area (Å²) in [5.41, 5.74) is 12.6. The highest BCUT2D eigenvalue weighted by Crippen LogP contribution is 2.30. The van der Waals surface area contributed by atoms with Gasteiger partial charge in [-0.2, -0.15) is 4.98 Å². The van der Waals surface area contributed by atoms with Crippen molar-refractivity contribution >= 4 is 28.3 Å². The Labute approximate surface area is 217 Å². The van der Waals surface area contributed by atoms with Crippen LogP contribution < -0.4 is 11.1 Å². The monoisotopic (exact) mass is 495 g/mol. The minimum Gasteiger partial charge on any atom is -0.399 e. The second-order valence-corrected chi connectivity index (χ2v) is 9.82. The molecule has 3 heterocycles. The maximum Gasteiger partial charge on any atom is 0.237 e. The molecule has 0 saturated carbocycles. The number of hydrogen-bond donors (Lipinski definition) is 2. The molecule has 8 nitrogen and oxygen atoms in total. The molecule has 3 N–H and O–H groups in total. The van der Waals surface area contributed by atoms with Crippen LogP contribution in [-0.4, -0.2) is 57.4 Å². The maximum absolute atomic E-state index is 12.9. The van der Waals surface area contributed by atoms with Crippen LogP contribution in [0.2, 0.25) is 0 Å². The SMILES string of the molecule is C=C(N)c1cccc2c1cc(C)n2-c1nc2c(c(NCc3ccccc3)n1)CCN(C(=O)CN(C)C)C2. The van der Waals surface area contributed by atoms with Gasteiger partial charge in [-0.25, -0.2) is 4.98 Å². The van der Waals surface area contributed by atoms with E-state index in [-0.39, 0.29) is 5.91 Å². The molecule has 0 spiro atoms. The third kappa shape index (κ3) is 4.93. The number of aryl methyl sites for hydroxylation is 1. The predicted octanol–water partition coefficient (Wildman–Crippen LogP) is 3.72. The smallest absolute Gasteiger partial charge is 0.237 e. The molecule has 0 unspecified atom stereocenters. The molecule has 0 atom stereocenters. The van der Waals surface area contributed by atoms with E-state index < -0.39 is 0 Å². The molecule has 8 heteroatoms. The van der Waals surface area contributed by atoms with Crippen LogP contribution in [0.25, 0.3) is 22.5 Å². The van der Waals surface area contributed by atoms with Gasteiger partial charge in [0.1, 0.15) is 5.82 Å². The summed E-state index contributed by atoms with van der Waals surface area (Å²) in [6.45, 7) is 8.11. The van der Waals surface area contributed by atoms with E-state index in [0.29, 0.717) is 44.2 Å². The number of aromatic nitrogens is 3. The van der Waals surface area contributed by atoms with E-state index in [1.165, 1.54) is 5.56 Å². The molecule has 1 aliphatic rings. The highest BCUT2D eigenvalue weighted by Gasteiger charge is 2.26. The Hall–Kier alpha value is -4.17. The van der Waals surface area contributed by atoms with Crippen LogP contribution in [0.3, 0.4) is 0 Å². The first-order valence-corrected chi connectivity index (χ1v) is 12.5. The highest BCUT2D eigenvalue weighted by molar-refractivity contribution is 5.93. The average molecular weight is 496 g/mol. The molecule has 1 amide bonds. The van der Waals surface area contributed by atoms with Crippen molar-refractivity contribution in [3.63, 3.8) is 0 Å². The van der Waals surface area contributed by atoms with E-state index >= 15 is 0 Å². The molecule has 190 valence electrons. The summed E-state index contributed by atoms with van der Waals surface area (Å²) in [5, 5.41) is 4.56. The number of nitrogens with zero attached hydrogens (tertiary/aromatic N) is 5. The number of nitrogens with one attached hydrogen (secondary N) is 1. The Morgan fingerprint density at radius 3 is 2.65 bits per heavy atom. The van der Waals surface area contributed by atoms with Crippen LogP contribution in [0.1, 0.15) is 28.1 Å². The van der Waals surface area contributed by atoms with Crippen LogP contribution in [0.4, 0.5) is 5.82 Å². The van der Waals surface area contributed by atoms with Gasteiger partial charge in [0.15, 0.2) is 0 Å². The van der Waals surface area contributed by atoms with Gasteiger partial charge in [0, 0.05) is 41.0 Å². The molecule has 2 aromatic carbocycles. The summed E-state index contributed by atoms with van der Waals surface area (Å²) in [6, 6.07) is 18.3. The van der Waals surface area contributed by atoms with Crippen LogP contribution in [0.15, 0.2) is 61.2 Å². The van der Waals surface area contributed by atoms with E-state index in [9.17, 15) is 4.79 Å². The summed E-state index contributed by atoms with van der Waals surface area (Å²) in [6.07, 6.45) is 0.703. The first-order chi connectivity index (χ1) is 17.8. The Balaban J connectivity index is 1.60. The molecule has 0 saturated heterocycles. The van der Waals surface area contributed by atoms with Gasteiger partial charge in [0.25, 0.3) is 0 Å². The van der Waals surface area contributed by atoms with Gasteiger partial charge < -0.3 is 20.9 Å². The third-order valence-electron chi connectivity index (χ3n) is 6.74. The fourth-order valence-corrected chi connectivity index (χ4v) is 4.94. The zero-order valence-corrected chi connectivity index (χ0v) is 21.7. The lowest BCUT2D eigenvalue weighted by Crippen LogP contribution is -2.41. The summed E-state index contributed by atoms with van der Waals surface area (Å²) in [5.74, 6) is 1.48. The maximum atomic E-state index is 12.9. The molecule has 2 aromatic heterocycles. The zero-order valence-electron chi connectivity index (χ0n) is 21.7. The number of carbonyl (C=O) groups is 1. The Bertz CT molecular complexity index is 1470. The molecule has 0 aliphatic carbocycles. The van der Waals surface area contributed by atoms with Gasteiger partial charge in [-0.05, 0) is 45.1 Å². The minimum atomic E-state index is 0.100. The van der Waals surface area contributed by atoms with Gasteiger partial charge in [-0.1, -0.05) is 49.0 Å². The van der Waals surface area contributed by atoms with Gasteiger partial charge in [0.05, 0.1) is 24.3 Å². The van der Waals surface area contributed by atoms with Crippen molar-refractivity contribution in [2.45, 2.75) is 26.4 Å². The van der Waals surface area contributed by atoms with E-state index in [0.717, 1.165) is 39.2 Å². The van der Waals surface area contributed by atoms with Crippen molar-refractivity contribution in [3.8, 4) is 5.95 Å². The number of rotatable bonds is 7. The van der Waals surface area contributed by atoms with Gasteiger partial charge in [0.2, 0.25) is 11.9 Å². The average Bonchev–Trinajstić information content (AvgIpc) is 3.22. The Morgan fingerprint density at radius 1 is 1.14 bits per heavy atom. The van der Waals surface area contributed by atoms with Crippen LogP contribution in [0, 0.1) is 6.92 Å². The third-order valence-corrected chi connectivity index (χ3v) is 6.74. The Morgan fingerprint density at radius 2 is 1.92 bits per heavy atom. The molecule has 4 aromatic rings. The fourth-order valence-electron chi connectivity index (χ4n) is 4.94. The number of amides is 1. The summed E-state index contributed by atoms with van der Waals surface area (Å²) in [4.78, 5) is 26.7. The van der Waals surface area contributed by atoms with Crippen molar-refractivity contribution < 1.29 is 4.79 Å². The minimum absolute atomic E-state index is 0.100. The van der Waals surface area contributed by atoms with Crippen molar-refractivity contribution in [2.75, 3.05) is 32.5 Å². The van der Waals surface area contributed by atoms with Crippen LogP contribution >= 0.6 is 0 Å². The molecule has 0 fully saturated rings. The van der Waals surface area contributed by atoms with Crippen molar-refractivity contribution in [1.82, 2.24) is 24.3 Å². The summed E-state index contributed by atoms with van der Waals surface area (Å²) in [7, 11) is 3.82. The number of likely N-dealkylation sites (N-methyl/N-ethyl adjacent to an activating group) is 1. The second-order valence-electron chi connectivity index (χ2n) is 9.82. The molecule has 5 rings (SSSR count). The lowest BCUT2D eigenvalue weighted by molar-refractivity contribution is -0.132. The number of hydrogen-bond acceptors (Lipinski definition) is 6. The zero-order chi connectivity index (χ0) is 26.1. The molecule has 0 radical (unpaired) electrons. The van der Waals surface area contributed by atoms with E-state index in [4.69, 9.17) is 15.7 Å². The van der Waals surface area contributed by atoms with Crippen molar-refractivity contribution in [1.29, 1.82) is 0 Å².